The predicted molar refractivity (Wildman–Crippen MR) is 121 cm³/mol. The number of benzene rings is 2. The van der Waals surface area contributed by atoms with Crippen molar-refractivity contribution in [2.75, 3.05) is 47.4 Å². The summed E-state index contributed by atoms with van der Waals surface area (Å²) in [6.07, 6.45) is 2.31. The van der Waals surface area contributed by atoms with Crippen LogP contribution in [0, 0.1) is 10.1 Å². The van der Waals surface area contributed by atoms with Crippen LogP contribution >= 0.6 is 0 Å². The van der Waals surface area contributed by atoms with E-state index in [-0.39, 0.29) is 10.6 Å². The maximum atomic E-state index is 12.1. The molecule has 5 rings (SSSR count). The Bertz CT molecular complexity index is 1080. The lowest BCUT2D eigenvalue weighted by Gasteiger charge is -2.37. The summed E-state index contributed by atoms with van der Waals surface area (Å²) in [5.41, 5.74) is 3.68. The van der Waals surface area contributed by atoms with Gasteiger partial charge in [0.1, 0.15) is 6.33 Å². The molecule has 0 aliphatic carbocycles. The molecule has 0 N–H and O–H groups in total. The third-order valence-corrected chi connectivity index (χ3v) is 6.10. The summed E-state index contributed by atoms with van der Waals surface area (Å²) in [6.45, 7) is 4.25. The largest absolute Gasteiger partial charge is 0.368 e. The average molecular weight is 416 g/mol. The van der Waals surface area contributed by atoms with Crippen LogP contribution in [0.15, 0.2) is 60.9 Å². The molecule has 8 nitrogen and oxygen atoms in total. The van der Waals surface area contributed by atoms with Crippen molar-refractivity contribution in [3.05, 3.63) is 82.2 Å². The molecule has 158 valence electrons. The Balaban J connectivity index is 1.40. The topological polar surface area (TPSA) is 78.6 Å². The zero-order valence-corrected chi connectivity index (χ0v) is 17.2. The van der Waals surface area contributed by atoms with Gasteiger partial charge in [0.15, 0.2) is 0 Å². The number of hydrogen-bond donors (Lipinski definition) is 0. The lowest BCUT2D eigenvalue weighted by Crippen LogP contribution is -2.47. The highest BCUT2D eigenvalue weighted by Crippen LogP contribution is 2.36. The maximum Gasteiger partial charge on any atom is 0.353 e. The van der Waals surface area contributed by atoms with Crippen molar-refractivity contribution in [2.24, 2.45) is 0 Å². The van der Waals surface area contributed by atoms with Crippen LogP contribution in [-0.2, 0) is 13.0 Å². The van der Waals surface area contributed by atoms with Crippen LogP contribution in [0.25, 0.3) is 0 Å². The molecule has 8 heteroatoms. The molecule has 0 atom stereocenters. The molecule has 0 spiro atoms. The van der Waals surface area contributed by atoms with Crippen LogP contribution in [-0.4, -0.2) is 47.6 Å². The molecule has 0 amide bonds. The van der Waals surface area contributed by atoms with Crippen molar-refractivity contribution in [1.29, 1.82) is 0 Å². The zero-order chi connectivity index (χ0) is 21.2. The molecule has 0 unspecified atom stereocenters. The second-order valence-corrected chi connectivity index (χ2v) is 7.88. The fourth-order valence-electron chi connectivity index (χ4n) is 4.48. The first-order valence-electron chi connectivity index (χ1n) is 10.6. The van der Waals surface area contributed by atoms with Gasteiger partial charge in [-0.3, -0.25) is 10.1 Å². The van der Waals surface area contributed by atoms with Gasteiger partial charge in [0, 0.05) is 45.0 Å². The van der Waals surface area contributed by atoms with E-state index in [0.717, 1.165) is 19.5 Å². The van der Waals surface area contributed by atoms with Crippen LogP contribution < -0.4 is 14.7 Å². The van der Waals surface area contributed by atoms with Crippen molar-refractivity contribution in [2.45, 2.75) is 13.0 Å². The Morgan fingerprint density at radius 1 is 0.742 bits per heavy atom. The van der Waals surface area contributed by atoms with E-state index in [4.69, 9.17) is 0 Å². The Labute approximate surface area is 180 Å². The molecule has 2 aliphatic rings. The molecule has 0 saturated carbocycles. The number of anilines is 3. The minimum absolute atomic E-state index is 0.00930. The summed E-state index contributed by atoms with van der Waals surface area (Å²) >= 11 is 0. The summed E-state index contributed by atoms with van der Waals surface area (Å²) in [7, 11) is 0. The molecule has 1 fully saturated rings. The Kier molecular flexibility index (Phi) is 5.11. The Hall–Kier alpha value is -3.68. The number of fused-ring (bicyclic) bond motifs is 1. The summed E-state index contributed by atoms with van der Waals surface area (Å²) < 4.78 is 0. The monoisotopic (exact) mass is 416 g/mol. The van der Waals surface area contributed by atoms with E-state index in [1.165, 1.54) is 23.1 Å². The van der Waals surface area contributed by atoms with Gasteiger partial charge < -0.3 is 14.7 Å². The normalized spacial score (nSPS) is 16.2. The van der Waals surface area contributed by atoms with Crippen molar-refractivity contribution in [1.82, 2.24) is 9.97 Å². The zero-order valence-electron chi connectivity index (χ0n) is 17.2. The van der Waals surface area contributed by atoms with Gasteiger partial charge in [-0.2, -0.15) is 0 Å². The van der Waals surface area contributed by atoms with Crippen LogP contribution in [0.2, 0.25) is 0 Å². The van der Waals surface area contributed by atoms with Gasteiger partial charge in [0.2, 0.25) is 11.6 Å². The van der Waals surface area contributed by atoms with Gasteiger partial charge in [-0.1, -0.05) is 42.5 Å². The van der Waals surface area contributed by atoms with Crippen LogP contribution in [0.1, 0.15) is 11.1 Å². The first-order valence-corrected chi connectivity index (χ1v) is 10.6. The lowest BCUT2D eigenvalue weighted by molar-refractivity contribution is -0.383. The van der Waals surface area contributed by atoms with Gasteiger partial charge >= 0.3 is 5.69 Å². The van der Waals surface area contributed by atoms with E-state index >= 15 is 0 Å². The Morgan fingerprint density at radius 2 is 1.35 bits per heavy atom. The fourth-order valence-corrected chi connectivity index (χ4v) is 4.48. The van der Waals surface area contributed by atoms with Crippen molar-refractivity contribution in [3.63, 3.8) is 0 Å². The van der Waals surface area contributed by atoms with Crippen LogP contribution in [0.5, 0.6) is 0 Å². The minimum atomic E-state index is -0.325. The van der Waals surface area contributed by atoms with Gasteiger partial charge in [-0.15, -0.1) is 0 Å². The van der Waals surface area contributed by atoms with Crippen molar-refractivity contribution >= 4 is 23.0 Å². The molecule has 1 saturated heterocycles. The molecule has 0 radical (unpaired) electrons. The number of nitro groups is 1. The number of nitrogens with zero attached hydrogens (tertiary/aromatic N) is 6. The number of rotatable bonds is 4. The first-order chi connectivity index (χ1) is 15.2. The quantitative estimate of drug-likeness (QED) is 0.477. The minimum Gasteiger partial charge on any atom is -0.368 e. The van der Waals surface area contributed by atoms with Gasteiger partial charge in [0.25, 0.3) is 0 Å². The summed E-state index contributed by atoms with van der Waals surface area (Å²) in [4.78, 5) is 26.8. The molecule has 2 aromatic carbocycles. The highest BCUT2D eigenvalue weighted by atomic mass is 16.6. The van der Waals surface area contributed by atoms with Crippen molar-refractivity contribution in [3.8, 4) is 0 Å². The summed E-state index contributed by atoms with van der Waals surface area (Å²) in [5.74, 6) is 0.830. The highest BCUT2D eigenvalue weighted by Gasteiger charge is 2.32. The molecular formula is C23H24N6O2. The number of aromatic nitrogens is 2. The second kappa shape index (κ2) is 8.22. The number of hydrogen-bond acceptors (Lipinski definition) is 7. The van der Waals surface area contributed by atoms with E-state index in [0.29, 0.717) is 37.8 Å². The standard InChI is InChI=1S/C23H24N6O2/c30-29(31)21-22(27-14-12-26(13-15-27)20-8-2-1-3-9-20)24-17-25-23(21)28-11-10-18-6-4-5-7-19(18)16-28/h1-9,17H,10-16H2. The van der Waals surface area contributed by atoms with Crippen molar-refractivity contribution < 1.29 is 4.92 Å². The van der Waals surface area contributed by atoms with Gasteiger partial charge in [-0.05, 0) is 29.7 Å². The summed E-state index contributed by atoms with van der Waals surface area (Å²) in [5, 5.41) is 12.1. The van der Waals surface area contributed by atoms with Gasteiger partial charge in [-0.25, -0.2) is 9.97 Å². The summed E-state index contributed by atoms with van der Waals surface area (Å²) in [6, 6.07) is 18.5. The smallest absolute Gasteiger partial charge is 0.353 e. The van der Waals surface area contributed by atoms with E-state index < -0.39 is 0 Å². The highest BCUT2D eigenvalue weighted by molar-refractivity contribution is 5.72. The second-order valence-electron chi connectivity index (χ2n) is 7.88. The van der Waals surface area contributed by atoms with E-state index in [9.17, 15) is 10.1 Å². The van der Waals surface area contributed by atoms with E-state index in [1.807, 2.05) is 40.1 Å². The Morgan fingerprint density at radius 3 is 2.06 bits per heavy atom. The third-order valence-electron chi connectivity index (χ3n) is 6.10. The molecule has 1 aromatic heterocycles. The molecule has 3 heterocycles. The van der Waals surface area contributed by atoms with E-state index in [1.54, 1.807) is 0 Å². The fraction of sp³-hybridized carbons (Fsp3) is 0.304. The van der Waals surface area contributed by atoms with E-state index in [2.05, 4.69) is 39.1 Å². The molecule has 31 heavy (non-hydrogen) atoms. The molecular weight excluding hydrogens is 392 g/mol. The molecule has 3 aromatic rings. The predicted octanol–water partition coefficient (Wildman–Crippen LogP) is 3.27. The average Bonchev–Trinajstić information content (AvgIpc) is 2.84. The SMILES string of the molecule is O=[N+]([O-])c1c(N2CCN(c3ccccc3)CC2)ncnc1N1CCc2ccccc2C1. The molecule has 0 bridgehead atoms. The maximum absolute atomic E-state index is 12.1. The number of piperazine rings is 1. The van der Waals surface area contributed by atoms with Crippen LogP contribution in [0.3, 0.4) is 0 Å². The third kappa shape index (κ3) is 3.76. The molecule has 2 aliphatic heterocycles. The number of para-hydroxylation sites is 1. The van der Waals surface area contributed by atoms with Crippen LogP contribution in [0.4, 0.5) is 23.0 Å². The first kappa shape index (κ1) is 19.3. The lowest BCUT2D eigenvalue weighted by atomic mass is 10.00. The van der Waals surface area contributed by atoms with Gasteiger partial charge in [0.05, 0.1) is 4.92 Å².